The van der Waals surface area contributed by atoms with Gasteiger partial charge in [-0.05, 0) is 46.2 Å². The van der Waals surface area contributed by atoms with Gasteiger partial charge in [-0.25, -0.2) is 0 Å². The number of hydrogen-bond acceptors (Lipinski definition) is 3. The number of ether oxygens (including phenoxy) is 1. The summed E-state index contributed by atoms with van der Waals surface area (Å²) in [6, 6.07) is 7.76. The maximum Gasteiger partial charge on any atom is 0.119 e. The highest BCUT2D eigenvalue weighted by atomic mass is 79.9. The number of nitrogens with two attached hydrogens (primary N) is 1. The average Bonchev–Trinajstić information content (AvgIpc) is 2.82. The van der Waals surface area contributed by atoms with Gasteiger partial charge in [-0.2, -0.15) is 11.3 Å². The topological polar surface area (TPSA) is 35.2 Å². The van der Waals surface area contributed by atoms with E-state index in [4.69, 9.17) is 10.5 Å². The highest BCUT2D eigenvalue weighted by Gasteiger charge is 2.13. The molecule has 2 N–H and O–H groups in total. The van der Waals surface area contributed by atoms with Crippen LogP contribution in [0, 0.1) is 0 Å². The molecule has 2 rings (SSSR count). The predicted octanol–water partition coefficient (Wildman–Crippen LogP) is 3.99. The second kappa shape index (κ2) is 6.40. The Kier molecular flexibility index (Phi) is 5.46. The highest BCUT2D eigenvalue weighted by Crippen LogP contribution is 2.30. The molecule has 0 radical (unpaired) electrons. The van der Waals surface area contributed by atoms with E-state index in [2.05, 4.69) is 21.3 Å². The minimum absolute atomic E-state index is 0. The fourth-order valence-electron chi connectivity index (χ4n) is 1.52. The Morgan fingerprint density at radius 3 is 2.71 bits per heavy atom. The molecule has 1 atom stereocenters. The van der Waals surface area contributed by atoms with Crippen LogP contribution in [0.5, 0.6) is 5.75 Å². The largest absolute Gasteiger partial charge is 0.497 e. The summed E-state index contributed by atoms with van der Waals surface area (Å²) >= 11 is 5.17. The molecular weight excluding hydrogens is 322 g/mol. The van der Waals surface area contributed by atoms with E-state index in [1.165, 1.54) is 0 Å². The summed E-state index contributed by atoms with van der Waals surface area (Å²) in [5, 5.41) is 4.10. The number of rotatable bonds is 3. The number of thiophene rings is 1. The molecule has 5 heteroatoms. The fraction of sp³-hybridized carbons (Fsp3) is 0.167. The first-order chi connectivity index (χ1) is 7.72. The summed E-state index contributed by atoms with van der Waals surface area (Å²) < 4.78 is 6.21. The molecule has 2 aromatic rings. The summed E-state index contributed by atoms with van der Waals surface area (Å²) in [5.74, 6) is 0.823. The Morgan fingerprint density at radius 2 is 2.12 bits per heavy atom. The van der Waals surface area contributed by atoms with Crippen LogP contribution in [0.2, 0.25) is 0 Å². The molecule has 1 aromatic carbocycles. The van der Waals surface area contributed by atoms with Gasteiger partial charge in [0, 0.05) is 4.47 Å². The van der Waals surface area contributed by atoms with Gasteiger partial charge in [0.15, 0.2) is 0 Å². The zero-order chi connectivity index (χ0) is 11.5. The lowest BCUT2D eigenvalue weighted by molar-refractivity contribution is 0.414. The Labute approximate surface area is 119 Å². The minimum Gasteiger partial charge on any atom is -0.497 e. The van der Waals surface area contributed by atoms with Gasteiger partial charge in [0.05, 0.1) is 13.2 Å². The lowest BCUT2D eigenvalue weighted by atomic mass is 10.0. The number of halogens is 2. The van der Waals surface area contributed by atoms with Crippen LogP contribution in [0.25, 0.3) is 0 Å². The summed E-state index contributed by atoms with van der Waals surface area (Å²) in [5.41, 5.74) is 8.37. The van der Waals surface area contributed by atoms with Gasteiger partial charge in [0.25, 0.3) is 0 Å². The van der Waals surface area contributed by atoms with Crippen LogP contribution in [-0.4, -0.2) is 7.11 Å². The van der Waals surface area contributed by atoms with Crippen molar-refractivity contribution in [2.45, 2.75) is 6.04 Å². The molecule has 0 amide bonds. The molecule has 0 saturated carbocycles. The summed E-state index contributed by atoms with van der Waals surface area (Å²) in [6.45, 7) is 0. The molecule has 0 aliphatic heterocycles. The van der Waals surface area contributed by atoms with Crippen molar-refractivity contribution in [2.75, 3.05) is 7.11 Å². The predicted molar refractivity (Wildman–Crippen MR) is 78.3 cm³/mol. The van der Waals surface area contributed by atoms with E-state index in [1.54, 1.807) is 18.4 Å². The molecule has 2 nitrogen and oxygen atoms in total. The Balaban J connectivity index is 0.00000144. The zero-order valence-corrected chi connectivity index (χ0v) is 12.4. The standard InChI is InChI=1S/C12H12BrNOS.ClH/c1-15-9-2-3-11(13)10(6-9)12(14)8-4-5-16-7-8;/h2-7,12H,14H2,1H3;1H/t12-;/m0./s1. The van der Waals surface area contributed by atoms with Crippen molar-refractivity contribution < 1.29 is 4.74 Å². The van der Waals surface area contributed by atoms with Crippen LogP contribution in [0.1, 0.15) is 17.2 Å². The maximum atomic E-state index is 6.21. The molecule has 1 heterocycles. The SMILES string of the molecule is COc1ccc(Br)c([C@@H](N)c2ccsc2)c1.Cl. The Morgan fingerprint density at radius 1 is 1.35 bits per heavy atom. The van der Waals surface area contributed by atoms with Crippen LogP contribution in [0.15, 0.2) is 39.5 Å². The lowest BCUT2D eigenvalue weighted by Crippen LogP contribution is -2.11. The van der Waals surface area contributed by atoms with E-state index in [9.17, 15) is 0 Å². The van der Waals surface area contributed by atoms with Crippen molar-refractivity contribution in [3.8, 4) is 5.75 Å². The van der Waals surface area contributed by atoms with E-state index in [0.29, 0.717) is 0 Å². The van der Waals surface area contributed by atoms with Crippen LogP contribution < -0.4 is 10.5 Å². The minimum atomic E-state index is -0.115. The van der Waals surface area contributed by atoms with Gasteiger partial charge in [0.1, 0.15) is 5.75 Å². The van der Waals surface area contributed by atoms with E-state index in [-0.39, 0.29) is 18.4 Å². The molecule has 0 saturated heterocycles. The van der Waals surface area contributed by atoms with E-state index in [1.807, 2.05) is 29.6 Å². The Hall–Kier alpha value is -0.550. The van der Waals surface area contributed by atoms with Crippen molar-refractivity contribution >= 4 is 39.7 Å². The molecule has 0 bridgehead atoms. The first kappa shape index (κ1) is 14.5. The first-order valence-corrected chi connectivity index (χ1v) is 6.57. The third-order valence-corrected chi connectivity index (χ3v) is 3.86. The van der Waals surface area contributed by atoms with E-state index >= 15 is 0 Å². The van der Waals surface area contributed by atoms with Gasteiger partial charge in [-0.3, -0.25) is 0 Å². The molecule has 0 spiro atoms. The molecule has 0 aliphatic carbocycles. The van der Waals surface area contributed by atoms with E-state index < -0.39 is 0 Å². The van der Waals surface area contributed by atoms with Gasteiger partial charge in [0.2, 0.25) is 0 Å². The second-order valence-corrected chi connectivity index (χ2v) is 5.06. The Bertz CT molecular complexity index is 475. The first-order valence-electron chi connectivity index (χ1n) is 4.83. The molecule has 0 fully saturated rings. The van der Waals surface area contributed by atoms with Gasteiger partial charge in [-0.15, -0.1) is 12.4 Å². The van der Waals surface area contributed by atoms with Crippen LogP contribution in [-0.2, 0) is 0 Å². The monoisotopic (exact) mass is 333 g/mol. The normalized spacial score (nSPS) is 11.7. The highest BCUT2D eigenvalue weighted by molar-refractivity contribution is 9.10. The van der Waals surface area contributed by atoms with Crippen molar-refractivity contribution in [3.63, 3.8) is 0 Å². The van der Waals surface area contributed by atoms with Gasteiger partial charge >= 0.3 is 0 Å². The second-order valence-electron chi connectivity index (χ2n) is 3.42. The summed E-state index contributed by atoms with van der Waals surface area (Å²) in [7, 11) is 1.66. The van der Waals surface area contributed by atoms with E-state index in [0.717, 1.165) is 21.3 Å². The maximum absolute atomic E-state index is 6.21. The molecule has 1 aromatic heterocycles. The molecule has 0 unspecified atom stereocenters. The van der Waals surface area contributed by atoms with Crippen molar-refractivity contribution in [1.29, 1.82) is 0 Å². The molecule has 92 valence electrons. The zero-order valence-electron chi connectivity index (χ0n) is 9.22. The fourth-order valence-corrected chi connectivity index (χ4v) is 2.71. The average molecular weight is 335 g/mol. The molecule has 17 heavy (non-hydrogen) atoms. The van der Waals surface area contributed by atoms with Gasteiger partial charge < -0.3 is 10.5 Å². The summed E-state index contributed by atoms with van der Waals surface area (Å²) in [4.78, 5) is 0. The third-order valence-electron chi connectivity index (χ3n) is 2.44. The molecule has 0 aliphatic rings. The smallest absolute Gasteiger partial charge is 0.119 e. The summed E-state index contributed by atoms with van der Waals surface area (Å²) in [6.07, 6.45) is 0. The van der Waals surface area contributed by atoms with Gasteiger partial charge in [-0.1, -0.05) is 15.9 Å². The number of methoxy groups -OCH3 is 1. The van der Waals surface area contributed by atoms with Crippen molar-refractivity contribution in [1.82, 2.24) is 0 Å². The number of hydrogen-bond donors (Lipinski definition) is 1. The van der Waals surface area contributed by atoms with Crippen molar-refractivity contribution in [2.24, 2.45) is 5.73 Å². The number of benzene rings is 1. The lowest BCUT2D eigenvalue weighted by Gasteiger charge is -2.13. The van der Waals surface area contributed by atoms with Crippen molar-refractivity contribution in [3.05, 3.63) is 50.6 Å². The van der Waals surface area contributed by atoms with Crippen LogP contribution in [0.3, 0.4) is 0 Å². The quantitative estimate of drug-likeness (QED) is 0.921. The third kappa shape index (κ3) is 3.22. The van der Waals surface area contributed by atoms with Crippen LogP contribution >= 0.6 is 39.7 Å². The van der Waals surface area contributed by atoms with Crippen LogP contribution in [0.4, 0.5) is 0 Å². The molecular formula is C12H13BrClNOS.